The molecule has 0 radical (unpaired) electrons. The van der Waals surface area contributed by atoms with Crippen LogP contribution in [-0.2, 0) is 6.18 Å². The van der Waals surface area contributed by atoms with E-state index in [-0.39, 0.29) is 11.7 Å². The molecule has 0 aliphatic carbocycles. The van der Waals surface area contributed by atoms with Crippen LogP contribution in [0.4, 0.5) is 23.2 Å². The molecule has 2 bridgehead atoms. The van der Waals surface area contributed by atoms with E-state index in [0.29, 0.717) is 5.92 Å². The van der Waals surface area contributed by atoms with Gasteiger partial charge in [0, 0.05) is 19.1 Å². The van der Waals surface area contributed by atoms with E-state index >= 15 is 0 Å². The van der Waals surface area contributed by atoms with Crippen molar-refractivity contribution in [3.63, 3.8) is 0 Å². The maximum absolute atomic E-state index is 13.7. The Balaban J connectivity index is 1.79. The molecule has 3 unspecified atom stereocenters. The number of alkyl halides is 3. The van der Waals surface area contributed by atoms with Crippen LogP contribution in [0, 0.1) is 11.7 Å². The standard InChI is InChI=1S/C14H16F4N2/c15-11-2-1-10(14(16,17)18)7-13(11)19-12-4-6-20-5-3-9(12)8-20/h1-2,7,9,12,19H,3-6,8H2. The Morgan fingerprint density at radius 2 is 1.90 bits per heavy atom. The summed E-state index contributed by atoms with van der Waals surface area (Å²) in [6, 6.07) is 2.59. The monoisotopic (exact) mass is 288 g/mol. The summed E-state index contributed by atoms with van der Waals surface area (Å²) >= 11 is 0. The molecule has 3 rings (SSSR count). The van der Waals surface area contributed by atoms with Crippen LogP contribution in [0.2, 0.25) is 0 Å². The number of nitrogens with one attached hydrogen (secondary N) is 1. The molecule has 110 valence electrons. The van der Waals surface area contributed by atoms with Gasteiger partial charge in [0.2, 0.25) is 0 Å². The Labute approximate surface area is 114 Å². The van der Waals surface area contributed by atoms with Crippen molar-refractivity contribution in [3.8, 4) is 0 Å². The predicted molar refractivity (Wildman–Crippen MR) is 68.0 cm³/mol. The van der Waals surface area contributed by atoms with Crippen molar-refractivity contribution in [2.75, 3.05) is 25.0 Å². The normalized spacial score (nSPS) is 29.5. The average molecular weight is 288 g/mol. The van der Waals surface area contributed by atoms with E-state index < -0.39 is 17.6 Å². The molecular formula is C14H16F4N2. The highest BCUT2D eigenvalue weighted by molar-refractivity contribution is 5.49. The quantitative estimate of drug-likeness (QED) is 0.840. The fraction of sp³-hybridized carbons (Fsp3) is 0.571. The van der Waals surface area contributed by atoms with Gasteiger partial charge in [-0.2, -0.15) is 13.2 Å². The fourth-order valence-corrected chi connectivity index (χ4v) is 3.15. The van der Waals surface area contributed by atoms with E-state index in [1.165, 1.54) is 0 Å². The van der Waals surface area contributed by atoms with Gasteiger partial charge in [-0.05, 0) is 43.5 Å². The molecule has 2 aliphatic rings. The zero-order chi connectivity index (χ0) is 14.3. The second-order valence-corrected chi connectivity index (χ2v) is 5.58. The molecular weight excluding hydrogens is 272 g/mol. The molecule has 1 aromatic carbocycles. The zero-order valence-corrected chi connectivity index (χ0v) is 10.9. The SMILES string of the molecule is Fc1ccc(C(F)(F)F)cc1NC1CCN2CCC1C2. The molecule has 3 atom stereocenters. The van der Waals surface area contributed by atoms with Crippen molar-refractivity contribution in [2.45, 2.75) is 25.1 Å². The summed E-state index contributed by atoms with van der Waals surface area (Å²) in [5, 5.41) is 2.99. The highest BCUT2D eigenvalue weighted by Crippen LogP contribution is 2.34. The Hall–Kier alpha value is -1.30. The van der Waals surface area contributed by atoms with Gasteiger partial charge in [0.15, 0.2) is 0 Å². The summed E-state index contributed by atoms with van der Waals surface area (Å²) in [6.45, 7) is 2.92. The third kappa shape index (κ3) is 2.61. The maximum atomic E-state index is 13.7. The van der Waals surface area contributed by atoms with Crippen molar-refractivity contribution in [2.24, 2.45) is 5.92 Å². The van der Waals surface area contributed by atoms with Crippen molar-refractivity contribution in [3.05, 3.63) is 29.6 Å². The minimum atomic E-state index is -4.44. The Kier molecular flexibility index (Phi) is 3.36. The highest BCUT2D eigenvalue weighted by atomic mass is 19.4. The summed E-state index contributed by atoms with van der Waals surface area (Å²) in [5.41, 5.74) is -0.851. The first kappa shape index (κ1) is 13.7. The second-order valence-electron chi connectivity index (χ2n) is 5.58. The zero-order valence-electron chi connectivity index (χ0n) is 10.9. The van der Waals surface area contributed by atoms with Gasteiger partial charge in [0.25, 0.3) is 0 Å². The largest absolute Gasteiger partial charge is 0.416 e. The van der Waals surface area contributed by atoms with Gasteiger partial charge in [-0.25, -0.2) is 4.39 Å². The van der Waals surface area contributed by atoms with E-state index in [2.05, 4.69) is 10.2 Å². The second kappa shape index (κ2) is 4.91. The summed E-state index contributed by atoms with van der Waals surface area (Å²) in [6.07, 6.45) is -2.57. The van der Waals surface area contributed by atoms with Crippen LogP contribution in [0.25, 0.3) is 0 Å². The first-order chi connectivity index (χ1) is 9.43. The fourth-order valence-electron chi connectivity index (χ4n) is 3.15. The van der Waals surface area contributed by atoms with Gasteiger partial charge in [0.05, 0.1) is 11.3 Å². The van der Waals surface area contributed by atoms with Crippen molar-refractivity contribution >= 4 is 5.69 Å². The van der Waals surface area contributed by atoms with E-state index in [1.807, 2.05) is 0 Å². The molecule has 20 heavy (non-hydrogen) atoms. The Bertz CT molecular complexity index is 500. The summed E-state index contributed by atoms with van der Waals surface area (Å²) < 4.78 is 51.7. The average Bonchev–Trinajstić information content (AvgIpc) is 2.77. The lowest BCUT2D eigenvalue weighted by molar-refractivity contribution is -0.137. The van der Waals surface area contributed by atoms with Crippen LogP contribution in [0.1, 0.15) is 18.4 Å². The first-order valence-corrected chi connectivity index (χ1v) is 6.79. The molecule has 6 heteroatoms. The lowest BCUT2D eigenvalue weighted by Crippen LogP contribution is -2.39. The molecule has 2 fully saturated rings. The summed E-state index contributed by atoms with van der Waals surface area (Å²) in [4.78, 5) is 2.34. The first-order valence-electron chi connectivity index (χ1n) is 6.79. The molecule has 2 nitrogen and oxygen atoms in total. The molecule has 1 N–H and O–H groups in total. The van der Waals surface area contributed by atoms with E-state index in [1.54, 1.807) is 0 Å². The number of hydrogen-bond acceptors (Lipinski definition) is 2. The number of fused-ring (bicyclic) bond motifs is 2. The predicted octanol–water partition coefficient (Wildman–Crippen LogP) is 3.35. The molecule has 1 aromatic rings. The van der Waals surface area contributed by atoms with Gasteiger partial charge in [-0.15, -0.1) is 0 Å². The van der Waals surface area contributed by atoms with Crippen molar-refractivity contribution in [1.29, 1.82) is 0 Å². The van der Waals surface area contributed by atoms with E-state index in [0.717, 1.165) is 50.7 Å². The van der Waals surface area contributed by atoms with E-state index in [9.17, 15) is 17.6 Å². The van der Waals surface area contributed by atoms with Crippen LogP contribution in [0.15, 0.2) is 18.2 Å². The number of halogens is 4. The van der Waals surface area contributed by atoms with Crippen molar-refractivity contribution < 1.29 is 17.6 Å². The number of benzene rings is 1. The number of hydrogen-bond donors (Lipinski definition) is 1. The Morgan fingerprint density at radius 3 is 2.65 bits per heavy atom. The van der Waals surface area contributed by atoms with Crippen LogP contribution < -0.4 is 5.32 Å². The minimum Gasteiger partial charge on any atom is -0.380 e. The number of anilines is 1. The van der Waals surface area contributed by atoms with Gasteiger partial charge < -0.3 is 10.2 Å². The maximum Gasteiger partial charge on any atom is 0.416 e. The molecule has 2 saturated heterocycles. The topological polar surface area (TPSA) is 15.3 Å². The van der Waals surface area contributed by atoms with Crippen LogP contribution in [0.3, 0.4) is 0 Å². The molecule has 0 aromatic heterocycles. The summed E-state index contributed by atoms with van der Waals surface area (Å²) in [5.74, 6) is -0.226. The highest BCUT2D eigenvalue weighted by Gasteiger charge is 2.35. The Morgan fingerprint density at radius 1 is 1.15 bits per heavy atom. The minimum absolute atomic E-state index is 0.0369. The van der Waals surface area contributed by atoms with E-state index in [4.69, 9.17) is 0 Å². The van der Waals surface area contributed by atoms with Crippen LogP contribution in [-0.4, -0.2) is 30.6 Å². The number of rotatable bonds is 2. The van der Waals surface area contributed by atoms with Gasteiger partial charge in [-0.3, -0.25) is 0 Å². The lowest BCUT2D eigenvalue weighted by Gasteiger charge is -2.32. The molecule has 0 amide bonds. The third-order valence-electron chi connectivity index (χ3n) is 4.27. The number of nitrogens with zero attached hydrogens (tertiary/aromatic N) is 1. The van der Waals surface area contributed by atoms with Crippen molar-refractivity contribution in [1.82, 2.24) is 4.90 Å². The third-order valence-corrected chi connectivity index (χ3v) is 4.27. The van der Waals surface area contributed by atoms with Crippen LogP contribution >= 0.6 is 0 Å². The van der Waals surface area contributed by atoms with Gasteiger partial charge >= 0.3 is 6.18 Å². The number of piperidine rings is 1. The molecule has 0 spiro atoms. The molecule has 2 aliphatic heterocycles. The smallest absolute Gasteiger partial charge is 0.380 e. The van der Waals surface area contributed by atoms with Gasteiger partial charge in [0.1, 0.15) is 5.82 Å². The summed E-state index contributed by atoms with van der Waals surface area (Å²) in [7, 11) is 0. The van der Waals surface area contributed by atoms with Gasteiger partial charge in [-0.1, -0.05) is 0 Å². The lowest BCUT2D eigenvalue weighted by atomic mass is 9.94. The molecule has 2 heterocycles. The van der Waals surface area contributed by atoms with Crippen LogP contribution in [0.5, 0.6) is 0 Å². The molecule has 0 saturated carbocycles.